The molecule has 0 fully saturated rings. The van der Waals surface area contributed by atoms with E-state index in [0.717, 1.165) is 42.1 Å². The monoisotopic (exact) mass is 249 g/mol. The molecule has 0 saturated carbocycles. The van der Waals surface area contributed by atoms with Crippen LogP contribution in [0.2, 0.25) is 0 Å². The van der Waals surface area contributed by atoms with Crippen LogP contribution in [0, 0.1) is 12.3 Å². The van der Waals surface area contributed by atoms with Crippen molar-refractivity contribution in [3.63, 3.8) is 0 Å². The molecule has 1 N–H and O–H groups in total. The average Bonchev–Trinajstić information content (AvgIpc) is 2.48. The topological polar surface area (TPSA) is 21.3 Å². The highest BCUT2D eigenvalue weighted by Gasteiger charge is 2.10. The summed E-state index contributed by atoms with van der Waals surface area (Å²) in [5, 5.41) is 3.36. The first-order chi connectivity index (χ1) is 9.35. The maximum absolute atomic E-state index is 5.67. The second-order valence-electron chi connectivity index (χ2n) is 4.62. The van der Waals surface area contributed by atoms with E-state index >= 15 is 0 Å². The zero-order valence-corrected chi connectivity index (χ0v) is 10.6. The number of anilines is 2. The van der Waals surface area contributed by atoms with Gasteiger partial charge in [0, 0.05) is 23.0 Å². The maximum atomic E-state index is 5.67. The number of terminal acetylenes is 1. The molecule has 0 aliphatic carbocycles. The number of nitrogens with one attached hydrogen (secondary N) is 1. The lowest BCUT2D eigenvalue weighted by atomic mass is 10.1. The van der Waals surface area contributed by atoms with E-state index in [4.69, 9.17) is 11.2 Å². The van der Waals surface area contributed by atoms with E-state index in [9.17, 15) is 0 Å². The van der Waals surface area contributed by atoms with Crippen LogP contribution in [-0.2, 0) is 6.42 Å². The Bertz CT molecular complexity index is 623. The smallest absolute Gasteiger partial charge is 0.124 e. The Labute approximate surface area is 113 Å². The molecule has 0 amide bonds. The molecule has 0 unspecified atom stereocenters. The SMILES string of the molecule is C#Cc1ccc(Nc2ccc3c(c2)OCCC3)cc1. The van der Waals surface area contributed by atoms with Crippen LogP contribution in [0.5, 0.6) is 5.75 Å². The van der Waals surface area contributed by atoms with Gasteiger partial charge in [-0.2, -0.15) is 0 Å². The van der Waals surface area contributed by atoms with Gasteiger partial charge in [0.05, 0.1) is 6.61 Å². The van der Waals surface area contributed by atoms with Crippen molar-refractivity contribution in [3.8, 4) is 18.1 Å². The Balaban J connectivity index is 1.81. The zero-order chi connectivity index (χ0) is 13.1. The molecule has 1 aliphatic heterocycles. The van der Waals surface area contributed by atoms with E-state index in [2.05, 4.69) is 29.4 Å². The molecule has 3 rings (SSSR count). The van der Waals surface area contributed by atoms with Crippen molar-refractivity contribution in [1.29, 1.82) is 0 Å². The predicted molar refractivity (Wildman–Crippen MR) is 77.9 cm³/mol. The highest BCUT2D eigenvalue weighted by Crippen LogP contribution is 2.29. The summed E-state index contributed by atoms with van der Waals surface area (Å²) in [6.07, 6.45) is 7.55. The van der Waals surface area contributed by atoms with Gasteiger partial charge in [0.1, 0.15) is 5.75 Å². The molecule has 0 spiro atoms. The summed E-state index contributed by atoms with van der Waals surface area (Å²) in [4.78, 5) is 0. The van der Waals surface area contributed by atoms with Crippen molar-refractivity contribution in [3.05, 3.63) is 53.6 Å². The summed E-state index contributed by atoms with van der Waals surface area (Å²) >= 11 is 0. The molecule has 2 nitrogen and oxygen atoms in total. The molecular formula is C17H15NO. The summed E-state index contributed by atoms with van der Waals surface area (Å²) in [7, 11) is 0. The fraction of sp³-hybridized carbons (Fsp3) is 0.176. The summed E-state index contributed by atoms with van der Waals surface area (Å²) in [5.74, 6) is 3.61. The second-order valence-corrected chi connectivity index (χ2v) is 4.62. The van der Waals surface area contributed by atoms with Gasteiger partial charge in [0.15, 0.2) is 0 Å². The number of ether oxygens (including phenoxy) is 1. The number of aryl methyl sites for hydroxylation is 1. The summed E-state index contributed by atoms with van der Waals surface area (Å²) in [6, 6.07) is 14.1. The van der Waals surface area contributed by atoms with Gasteiger partial charge in [-0.15, -0.1) is 6.42 Å². The molecule has 0 bridgehead atoms. The molecular weight excluding hydrogens is 234 g/mol. The van der Waals surface area contributed by atoms with Crippen LogP contribution >= 0.6 is 0 Å². The van der Waals surface area contributed by atoms with Gasteiger partial charge in [0.25, 0.3) is 0 Å². The van der Waals surface area contributed by atoms with Crippen LogP contribution < -0.4 is 10.1 Å². The number of benzene rings is 2. The van der Waals surface area contributed by atoms with E-state index < -0.39 is 0 Å². The van der Waals surface area contributed by atoms with Crippen molar-refractivity contribution in [1.82, 2.24) is 0 Å². The van der Waals surface area contributed by atoms with Crippen LogP contribution in [0.4, 0.5) is 11.4 Å². The van der Waals surface area contributed by atoms with Crippen molar-refractivity contribution in [2.75, 3.05) is 11.9 Å². The van der Waals surface area contributed by atoms with Crippen molar-refractivity contribution >= 4 is 11.4 Å². The van der Waals surface area contributed by atoms with E-state index in [1.54, 1.807) is 0 Å². The lowest BCUT2D eigenvalue weighted by molar-refractivity contribution is 0.288. The fourth-order valence-corrected chi connectivity index (χ4v) is 2.23. The molecule has 2 heteroatoms. The molecule has 2 aromatic carbocycles. The minimum absolute atomic E-state index is 0.813. The minimum Gasteiger partial charge on any atom is -0.493 e. The third-order valence-corrected chi connectivity index (χ3v) is 3.26. The second kappa shape index (κ2) is 5.07. The third kappa shape index (κ3) is 2.56. The molecule has 1 heterocycles. The van der Waals surface area contributed by atoms with Crippen molar-refractivity contribution < 1.29 is 4.74 Å². The van der Waals surface area contributed by atoms with Crippen molar-refractivity contribution in [2.24, 2.45) is 0 Å². The molecule has 0 atom stereocenters. The molecule has 0 radical (unpaired) electrons. The highest BCUT2D eigenvalue weighted by atomic mass is 16.5. The summed E-state index contributed by atoms with van der Waals surface area (Å²) in [6.45, 7) is 0.813. The predicted octanol–water partition coefficient (Wildman–Crippen LogP) is 3.74. The van der Waals surface area contributed by atoms with Crippen LogP contribution in [0.3, 0.4) is 0 Å². The minimum atomic E-state index is 0.813. The number of rotatable bonds is 2. The van der Waals surface area contributed by atoms with Crippen LogP contribution in [0.25, 0.3) is 0 Å². The van der Waals surface area contributed by atoms with Crippen molar-refractivity contribution in [2.45, 2.75) is 12.8 Å². The first kappa shape index (κ1) is 11.7. The quantitative estimate of drug-likeness (QED) is 0.819. The normalized spacial score (nSPS) is 13.0. The Hall–Kier alpha value is -2.40. The lowest BCUT2D eigenvalue weighted by Crippen LogP contribution is -2.08. The van der Waals surface area contributed by atoms with Crippen LogP contribution in [0.15, 0.2) is 42.5 Å². The van der Waals surface area contributed by atoms with Crippen LogP contribution in [-0.4, -0.2) is 6.61 Å². The van der Waals surface area contributed by atoms with Gasteiger partial charge in [-0.05, 0) is 48.7 Å². The molecule has 0 aromatic heterocycles. The molecule has 19 heavy (non-hydrogen) atoms. The van der Waals surface area contributed by atoms with E-state index in [0.29, 0.717) is 0 Å². The average molecular weight is 249 g/mol. The van der Waals surface area contributed by atoms with E-state index in [1.807, 2.05) is 24.3 Å². The van der Waals surface area contributed by atoms with Gasteiger partial charge >= 0.3 is 0 Å². The summed E-state index contributed by atoms with van der Waals surface area (Å²) in [5.41, 5.74) is 4.24. The van der Waals surface area contributed by atoms with Gasteiger partial charge in [-0.25, -0.2) is 0 Å². The molecule has 1 aliphatic rings. The first-order valence-corrected chi connectivity index (χ1v) is 6.44. The number of hydrogen-bond donors (Lipinski definition) is 1. The molecule has 0 saturated heterocycles. The fourth-order valence-electron chi connectivity index (χ4n) is 2.23. The first-order valence-electron chi connectivity index (χ1n) is 6.44. The Morgan fingerprint density at radius 3 is 2.63 bits per heavy atom. The Morgan fingerprint density at radius 1 is 1.05 bits per heavy atom. The Kier molecular flexibility index (Phi) is 3.12. The van der Waals surface area contributed by atoms with E-state index in [1.165, 1.54) is 5.56 Å². The maximum Gasteiger partial charge on any atom is 0.124 e. The van der Waals surface area contributed by atoms with E-state index in [-0.39, 0.29) is 0 Å². The summed E-state index contributed by atoms with van der Waals surface area (Å²) < 4.78 is 5.67. The molecule has 94 valence electrons. The van der Waals surface area contributed by atoms with Gasteiger partial charge in [-0.1, -0.05) is 12.0 Å². The standard InChI is InChI=1S/C17H15NO/c1-2-13-5-8-15(9-6-13)18-16-10-7-14-4-3-11-19-17(14)12-16/h1,5-10,12,18H,3-4,11H2. The number of hydrogen-bond acceptors (Lipinski definition) is 2. The van der Waals surface area contributed by atoms with Crippen LogP contribution in [0.1, 0.15) is 17.5 Å². The van der Waals surface area contributed by atoms with Gasteiger partial charge in [0.2, 0.25) is 0 Å². The number of fused-ring (bicyclic) bond motifs is 1. The third-order valence-electron chi connectivity index (χ3n) is 3.26. The largest absolute Gasteiger partial charge is 0.493 e. The molecule has 2 aromatic rings. The highest BCUT2D eigenvalue weighted by molar-refractivity contribution is 5.63. The Morgan fingerprint density at radius 2 is 1.84 bits per heavy atom. The zero-order valence-electron chi connectivity index (χ0n) is 10.6. The van der Waals surface area contributed by atoms with Gasteiger partial charge < -0.3 is 10.1 Å². The van der Waals surface area contributed by atoms with Gasteiger partial charge in [-0.3, -0.25) is 0 Å². The lowest BCUT2D eigenvalue weighted by Gasteiger charge is -2.18.